The van der Waals surface area contributed by atoms with Gasteiger partial charge < -0.3 is 14.2 Å². The summed E-state index contributed by atoms with van der Waals surface area (Å²) in [6, 6.07) is 5.68. The molecule has 2 aliphatic rings. The molecule has 1 saturated carbocycles. The van der Waals surface area contributed by atoms with Crippen molar-refractivity contribution in [1.82, 2.24) is 0 Å². The standard InChI is InChI=1S/C18H19NO4.3CO.Fe/c1-4-5-6-7-16-19-18(17(20)23-16)11-13(18)12-8-9-14(21-2)15(10-12)22-3;3*1-2;/h4-10,13H,11H2,1-3H3;;;;/b5-4+,7-6+;;;;/t13-,18+;;;;/m0..../s1. The second-order valence-electron chi connectivity index (χ2n) is 5.52. The fourth-order valence-electron chi connectivity index (χ4n) is 2.83. The molecule has 8 nitrogen and oxygen atoms in total. The number of hydrogen-bond donors (Lipinski definition) is 0. The van der Waals surface area contributed by atoms with Crippen LogP contribution in [0.3, 0.4) is 0 Å². The van der Waals surface area contributed by atoms with Gasteiger partial charge in [-0.05, 0) is 31.0 Å². The molecule has 1 aliphatic heterocycles. The molecule has 0 amide bonds. The summed E-state index contributed by atoms with van der Waals surface area (Å²) in [5.41, 5.74) is 0.233. The Hall–Kier alpha value is -2.82. The zero-order valence-corrected chi connectivity index (χ0v) is 17.6. The van der Waals surface area contributed by atoms with Gasteiger partial charge in [0.2, 0.25) is 5.90 Å². The Balaban J connectivity index is 0. The van der Waals surface area contributed by atoms with Gasteiger partial charge in [-0.15, -0.1) is 0 Å². The molecule has 9 heteroatoms. The van der Waals surface area contributed by atoms with Crippen LogP contribution in [0.5, 0.6) is 11.5 Å². The first-order chi connectivity index (χ1) is 14.1. The molecule has 2 atom stereocenters. The summed E-state index contributed by atoms with van der Waals surface area (Å²) in [4.78, 5) is 16.7. The second kappa shape index (κ2) is 15.1. The topological polar surface area (TPSA) is 117 Å². The van der Waals surface area contributed by atoms with E-state index in [1.807, 2.05) is 37.3 Å². The van der Waals surface area contributed by atoms with E-state index in [2.05, 4.69) is 24.9 Å². The zero-order valence-electron chi connectivity index (χ0n) is 16.5. The molecular weight excluding hydrogens is 434 g/mol. The number of rotatable bonds is 5. The van der Waals surface area contributed by atoms with Gasteiger partial charge in [0.1, 0.15) is 0 Å². The minimum Gasteiger partial charge on any atom is 0 e. The molecule has 0 unspecified atom stereocenters. The molecule has 0 bridgehead atoms. The van der Waals surface area contributed by atoms with Crippen LogP contribution in [0.15, 0.2) is 47.5 Å². The van der Waals surface area contributed by atoms with E-state index in [1.54, 1.807) is 26.4 Å². The van der Waals surface area contributed by atoms with Crippen molar-refractivity contribution >= 4 is 11.9 Å². The molecule has 30 heavy (non-hydrogen) atoms. The number of esters is 1. The minimum atomic E-state index is -0.769. The maximum atomic E-state index is 12.2. The molecule has 1 aromatic rings. The molecule has 1 heterocycles. The number of cyclic esters (lactones) is 1. The Bertz CT molecular complexity index is 840. The van der Waals surface area contributed by atoms with Crippen LogP contribution in [0.1, 0.15) is 24.8 Å². The van der Waals surface area contributed by atoms with Gasteiger partial charge in [-0.25, -0.2) is 9.79 Å². The summed E-state index contributed by atoms with van der Waals surface area (Å²) in [6.07, 6.45) is 7.92. The van der Waals surface area contributed by atoms with Crippen LogP contribution in [-0.4, -0.2) is 31.6 Å². The van der Waals surface area contributed by atoms with Crippen LogP contribution >= 0.6 is 0 Å². The third-order valence-corrected chi connectivity index (χ3v) is 4.14. The second-order valence-corrected chi connectivity index (χ2v) is 5.52. The average molecular weight is 453 g/mol. The molecule has 0 N–H and O–H groups in total. The van der Waals surface area contributed by atoms with E-state index in [-0.39, 0.29) is 29.0 Å². The molecular formula is C21H19FeNO7. The predicted octanol–water partition coefficient (Wildman–Crippen LogP) is 2.90. The van der Waals surface area contributed by atoms with Gasteiger partial charge in [0.05, 0.1) is 14.2 Å². The van der Waals surface area contributed by atoms with Crippen LogP contribution in [-0.2, 0) is 40.6 Å². The Morgan fingerprint density at radius 1 is 1.10 bits per heavy atom. The first-order valence-electron chi connectivity index (χ1n) is 8.09. The Morgan fingerprint density at radius 2 is 1.70 bits per heavy atom. The van der Waals surface area contributed by atoms with E-state index in [0.717, 1.165) is 5.56 Å². The summed E-state index contributed by atoms with van der Waals surface area (Å²) < 4.78 is 38.3. The SMILES string of the molecule is C/C=C/C=C/C1=N[C@@]2(C[C@H]2c2ccc(OC)c(OC)c2)C(=O)O1.[C-]#[O+].[C-]#[O+].[C-]#[O+].[Fe]. The van der Waals surface area contributed by atoms with Gasteiger partial charge in [0.15, 0.2) is 17.0 Å². The zero-order chi connectivity index (χ0) is 22.4. The molecule has 1 aromatic carbocycles. The van der Waals surface area contributed by atoms with E-state index in [1.165, 1.54) is 0 Å². The van der Waals surface area contributed by atoms with Crippen molar-refractivity contribution in [1.29, 1.82) is 0 Å². The summed E-state index contributed by atoms with van der Waals surface area (Å²) in [5.74, 6) is 1.42. The first-order valence-corrected chi connectivity index (χ1v) is 8.09. The summed E-state index contributed by atoms with van der Waals surface area (Å²) in [6.45, 7) is 15.4. The Labute approximate surface area is 185 Å². The van der Waals surface area contributed by atoms with Gasteiger partial charge >= 0.3 is 39.9 Å². The first kappa shape index (κ1) is 29.4. The molecule has 1 spiro atoms. The normalized spacial score (nSPS) is 20.1. The molecule has 3 rings (SSSR count). The number of hydrogen-bond acceptors (Lipinski definition) is 5. The van der Waals surface area contributed by atoms with Gasteiger partial charge in [-0.3, -0.25) is 0 Å². The van der Waals surface area contributed by atoms with Crippen LogP contribution in [0, 0.1) is 20.0 Å². The summed E-state index contributed by atoms with van der Waals surface area (Å²) >= 11 is 0. The number of allylic oxidation sites excluding steroid dienone is 3. The molecule has 0 saturated heterocycles. The number of aliphatic imine (C=N–C) groups is 1. The van der Waals surface area contributed by atoms with Crippen molar-refractivity contribution in [2.75, 3.05) is 14.2 Å². The van der Waals surface area contributed by atoms with Gasteiger partial charge in [-0.1, -0.05) is 24.3 Å². The van der Waals surface area contributed by atoms with Crippen LogP contribution < -0.4 is 9.47 Å². The van der Waals surface area contributed by atoms with Crippen molar-refractivity contribution in [2.45, 2.75) is 24.8 Å². The molecule has 158 valence electrons. The van der Waals surface area contributed by atoms with E-state index in [0.29, 0.717) is 23.8 Å². The van der Waals surface area contributed by atoms with E-state index in [9.17, 15) is 4.79 Å². The van der Waals surface area contributed by atoms with Gasteiger partial charge in [-0.2, -0.15) is 0 Å². The number of methoxy groups -OCH3 is 2. The third-order valence-electron chi connectivity index (χ3n) is 4.14. The van der Waals surface area contributed by atoms with E-state index < -0.39 is 5.54 Å². The smallest absolute Gasteiger partial charge is 0 e. The van der Waals surface area contributed by atoms with Crippen molar-refractivity contribution < 1.29 is 50.0 Å². The number of carbonyl (C=O) groups excluding carboxylic acids is 1. The number of benzene rings is 1. The predicted molar refractivity (Wildman–Crippen MR) is 98.9 cm³/mol. The largest absolute Gasteiger partial charge is 0 e. The van der Waals surface area contributed by atoms with Crippen molar-refractivity contribution in [3.8, 4) is 11.5 Å². The average Bonchev–Trinajstić information content (AvgIpc) is 3.43. The summed E-state index contributed by atoms with van der Waals surface area (Å²) in [7, 11) is 3.19. The van der Waals surface area contributed by atoms with Gasteiger partial charge in [0.25, 0.3) is 0 Å². The Morgan fingerprint density at radius 3 is 2.23 bits per heavy atom. The molecule has 0 radical (unpaired) electrons. The Kier molecular flexibility index (Phi) is 14.8. The van der Waals surface area contributed by atoms with E-state index >= 15 is 0 Å². The summed E-state index contributed by atoms with van der Waals surface area (Å²) in [5, 5.41) is 0. The number of nitrogens with zero attached hydrogens (tertiary/aromatic N) is 1. The quantitative estimate of drug-likeness (QED) is 0.224. The van der Waals surface area contributed by atoms with E-state index in [4.69, 9.17) is 28.2 Å². The number of ether oxygens (including phenoxy) is 3. The molecule has 1 aliphatic carbocycles. The van der Waals surface area contributed by atoms with Crippen LogP contribution in [0.25, 0.3) is 0 Å². The monoisotopic (exact) mass is 453 g/mol. The fourth-order valence-corrected chi connectivity index (χ4v) is 2.83. The van der Waals surface area contributed by atoms with Crippen molar-refractivity contribution in [2.24, 2.45) is 4.99 Å². The third kappa shape index (κ3) is 6.61. The molecule has 1 fully saturated rings. The fraction of sp³-hybridized carbons (Fsp3) is 0.286. The van der Waals surface area contributed by atoms with Crippen molar-refractivity contribution in [3.05, 3.63) is 68.0 Å². The van der Waals surface area contributed by atoms with Gasteiger partial charge in [0, 0.05) is 29.1 Å². The maximum Gasteiger partial charge on any atom is 0 e. The van der Waals surface area contributed by atoms with Crippen molar-refractivity contribution in [3.63, 3.8) is 0 Å². The number of carbonyl (C=O) groups is 1. The maximum absolute atomic E-state index is 12.2. The molecule has 0 aromatic heterocycles. The van der Waals surface area contributed by atoms with Crippen LogP contribution in [0.2, 0.25) is 0 Å². The minimum absolute atomic E-state index is 0. The van der Waals surface area contributed by atoms with Crippen LogP contribution in [0.4, 0.5) is 0 Å².